The van der Waals surface area contributed by atoms with Crippen LogP contribution in [0, 0.1) is 17.0 Å². The molecular formula is C29H36F2N2O. The highest BCUT2D eigenvalue weighted by atomic mass is 19.1. The number of halogens is 2. The van der Waals surface area contributed by atoms with Crippen molar-refractivity contribution in [1.82, 2.24) is 9.80 Å². The number of unbranched alkanes of at least 4 members (excludes halogenated alkanes) is 1. The first kappa shape index (κ1) is 24.6. The van der Waals surface area contributed by atoms with Gasteiger partial charge in [0.05, 0.1) is 0 Å². The highest BCUT2D eigenvalue weighted by molar-refractivity contribution is 5.83. The van der Waals surface area contributed by atoms with E-state index in [1.165, 1.54) is 24.3 Å². The van der Waals surface area contributed by atoms with E-state index in [4.69, 9.17) is 0 Å². The summed E-state index contributed by atoms with van der Waals surface area (Å²) in [6, 6.07) is 13.3. The van der Waals surface area contributed by atoms with Gasteiger partial charge in [0.15, 0.2) is 0 Å². The maximum Gasteiger partial charge on any atom is 0.227 e. The molecule has 2 aromatic carbocycles. The predicted octanol–water partition coefficient (Wildman–Crippen LogP) is 6.51. The molecular weight excluding hydrogens is 430 g/mol. The lowest BCUT2D eigenvalue weighted by Gasteiger charge is -2.40. The predicted molar refractivity (Wildman–Crippen MR) is 132 cm³/mol. The van der Waals surface area contributed by atoms with Crippen LogP contribution in [0.3, 0.4) is 0 Å². The van der Waals surface area contributed by atoms with Gasteiger partial charge in [0, 0.05) is 30.0 Å². The van der Waals surface area contributed by atoms with Crippen LogP contribution in [0.2, 0.25) is 0 Å². The van der Waals surface area contributed by atoms with Crippen LogP contribution >= 0.6 is 0 Å². The zero-order chi connectivity index (χ0) is 24.1. The van der Waals surface area contributed by atoms with E-state index in [1.807, 2.05) is 29.2 Å². The van der Waals surface area contributed by atoms with Gasteiger partial charge >= 0.3 is 0 Å². The van der Waals surface area contributed by atoms with Crippen molar-refractivity contribution in [2.24, 2.45) is 5.41 Å². The third-order valence-corrected chi connectivity index (χ3v) is 7.79. The van der Waals surface area contributed by atoms with Crippen molar-refractivity contribution in [2.45, 2.75) is 57.8 Å². The quantitative estimate of drug-likeness (QED) is 0.421. The molecule has 0 N–H and O–H groups in total. The SMILES string of the molecule is C=C1N(CCCC)C(=O)CC12CCN(CCCC(c1ccc(F)cc1)c1ccc(F)cc1)CC2. The molecule has 0 unspecified atom stereocenters. The molecule has 5 heteroatoms. The van der Waals surface area contributed by atoms with Crippen LogP contribution in [0.5, 0.6) is 0 Å². The molecule has 0 radical (unpaired) electrons. The molecule has 1 spiro atoms. The van der Waals surface area contributed by atoms with Crippen molar-refractivity contribution in [1.29, 1.82) is 0 Å². The number of allylic oxidation sites excluding steroid dienone is 1. The Morgan fingerprint density at radius 1 is 0.912 bits per heavy atom. The third-order valence-electron chi connectivity index (χ3n) is 7.79. The van der Waals surface area contributed by atoms with E-state index in [1.54, 1.807) is 0 Å². The summed E-state index contributed by atoms with van der Waals surface area (Å²) in [5, 5.41) is 0. The van der Waals surface area contributed by atoms with Gasteiger partial charge < -0.3 is 9.80 Å². The number of amides is 1. The summed E-state index contributed by atoms with van der Waals surface area (Å²) >= 11 is 0. The van der Waals surface area contributed by atoms with Crippen molar-refractivity contribution >= 4 is 5.91 Å². The molecule has 3 nitrogen and oxygen atoms in total. The lowest BCUT2D eigenvalue weighted by molar-refractivity contribution is -0.127. The van der Waals surface area contributed by atoms with E-state index in [9.17, 15) is 13.6 Å². The molecule has 2 aliphatic rings. The summed E-state index contributed by atoms with van der Waals surface area (Å²) in [6.45, 7) is 10.2. The highest BCUT2D eigenvalue weighted by Gasteiger charge is 2.47. The van der Waals surface area contributed by atoms with Gasteiger partial charge in [-0.1, -0.05) is 44.2 Å². The van der Waals surface area contributed by atoms with Crippen LogP contribution in [-0.2, 0) is 4.79 Å². The number of hydrogen-bond acceptors (Lipinski definition) is 2. The van der Waals surface area contributed by atoms with Crippen LogP contribution in [0.15, 0.2) is 60.8 Å². The first-order chi connectivity index (χ1) is 16.4. The average Bonchev–Trinajstić information content (AvgIpc) is 3.07. The van der Waals surface area contributed by atoms with Gasteiger partial charge in [0.1, 0.15) is 11.6 Å². The van der Waals surface area contributed by atoms with Gasteiger partial charge in [-0.2, -0.15) is 0 Å². The van der Waals surface area contributed by atoms with Gasteiger partial charge in [-0.3, -0.25) is 4.79 Å². The minimum Gasteiger partial charge on any atom is -0.316 e. The fourth-order valence-electron chi connectivity index (χ4n) is 5.60. The van der Waals surface area contributed by atoms with Gasteiger partial charge in [-0.15, -0.1) is 0 Å². The summed E-state index contributed by atoms with van der Waals surface area (Å²) in [7, 11) is 0. The van der Waals surface area contributed by atoms with Crippen LogP contribution in [-0.4, -0.2) is 41.9 Å². The molecule has 0 saturated carbocycles. The molecule has 2 fully saturated rings. The molecule has 2 heterocycles. The maximum atomic E-state index is 13.5. The lowest BCUT2D eigenvalue weighted by atomic mass is 9.75. The summed E-state index contributed by atoms with van der Waals surface area (Å²) in [5.74, 6) is -0.141. The Hall–Kier alpha value is -2.53. The second-order valence-corrected chi connectivity index (χ2v) is 9.94. The third kappa shape index (κ3) is 5.41. The standard InChI is InChI=1S/C29H36F2N2O/c1-3-4-18-33-22(2)29(21-28(33)34)15-19-32(20-16-29)17-5-6-27(23-7-11-25(30)12-8-23)24-9-13-26(31)14-10-24/h7-14,27H,2-6,15-21H2,1H3. The summed E-state index contributed by atoms with van der Waals surface area (Å²) in [4.78, 5) is 17.0. The van der Waals surface area contributed by atoms with Crippen LogP contribution in [0.4, 0.5) is 8.78 Å². The van der Waals surface area contributed by atoms with Crippen molar-refractivity contribution < 1.29 is 13.6 Å². The smallest absolute Gasteiger partial charge is 0.227 e. The first-order valence-corrected chi connectivity index (χ1v) is 12.6. The van der Waals surface area contributed by atoms with Crippen molar-refractivity contribution in [3.05, 3.63) is 83.6 Å². The minimum atomic E-state index is -0.246. The highest BCUT2D eigenvalue weighted by Crippen LogP contribution is 2.48. The largest absolute Gasteiger partial charge is 0.316 e. The number of carbonyl (C=O) groups is 1. The van der Waals surface area contributed by atoms with Crippen LogP contribution in [0.1, 0.15) is 68.9 Å². The van der Waals surface area contributed by atoms with Gasteiger partial charge in [-0.05, 0) is 87.1 Å². The van der Waals surface area contributed by atoms with E-state index < -0.39 is 0 Å². The molecule has 2 aliphatic heterocycles. The molecule has 0 bridgehead atoms. The van der Waals surface area contributed by atoms with E-state index in [2.05, 4.69) is 18.4 Å². The number of piperidine rings is 1. The van der Waals surface area contributed by atoms with E-state index in [-0.39, 0.29) is 28.9 Å². The van der Waals surface area contributed by atoms with Crippen molar-refractivity contribution in [3.63, 3.8) is 0 Å². The molecule has 34 heavy (non-hydrogen) atoms. The van der Waals surface area contributed by atoms with Gasteiger partial charge in [-0.25, -0.2) is 8.78 Å². The molecule has 0 aliphatic carbocycles. The Morgan fingerprint density at radius 2 is 1.47 bits per heavy atom. The average molecular weight is 467 g/mol. The van der Waals surface area contributed by atoms with Crippen molar-refractivity contribution in [3.8, 4) is 0 Å². The number of hydrogen-bond donors (Lipinski definition) is 0. The Bertz CT molecular complexity index is 933. The van der Waals surface area contributed by atoms with Crippen LogP contribution in [0.25, 0.3) is 0 Å². The monoisotopic (exact) mass is 466 g/mol. The molecule has 1 amide bonds. The minimum absolute atomic E-state index is 0.0495. The summed E-state index contributed by atoms with van der Waals surface area (Å²) in [5.41, 5.74) is 3.10. The summed E-state index contributed by atoms with van der Waals surface area (Å²) < 4.78 is 27.0. The van der Waals surface area contributed by atoms with Gasteiger partial charge in [0.2, 0.25) is 5.91 Å². The van der Waals surface area contributed by atoms with E-state index in [0.29, 0.717) is 6.42 Å². The second-order valence-electron chi connectivity index (χ2n) is 9.94. The molecule has 4 rings (SSSR count). The molecule has 2 saturated heterocycles. The Morgan fingerprint density at radius 3 is 2.00 bits per heavy atom. The topological polar surface area (TPSA) is 23.6 Å². The van der Waals surface area contributed by atoms with E-state index in [0.717, 1.165) is 81.5 Å². The normalized spacial score (nSPS) is 18.4. The number of likely N-dealkylation sites (tertiary alicyclic amines) is 2. The summed E-state index contributed by atoms with van der Waals surface area (Å²) in [6.07, 6.45) is 6.59. The molecule has 0 atom stereocenters. The molecule has 2 aromatic rings. The second kappa shape index (κ2) is 10.8. The van der Waals surface area contributed by atoms with E-state index >= 15 is 0 Å². The van der Waals surface area contributed by atoms with Gasteiger partial charge in [0.25, 0.3) is 0 Å². The van der Waals surface area contributed by atoms with Crippen molar-refractivity contribution in [2.75, 3.05) is 26.2 Å². The zero-order valence-electron chi connectivity index (χ0n) is 20.2. The number of rotatable bonds is 9. The number of benzene rings is 2. The Labute approximate surface area is 202 Å². The Balaban J connectivity index is 1.33. The maximum absolute atomic E-state index is 13.5. The molecule has 0 aromatic heterocycles. The molecule has 182 valence electrons. The Kier molecular flexibility index (Phi) is 7.82. The number of carbonyl (C=O) groups excluding carboxylic acids is 1. The van der Waals surface area contributed by atoms with Crippen LogP contribution < -0.4 is 0 Å². The fourth-order valence-corrected chi connectivity index (χ4v) is 5.60. The first-order valence-electron chi connectivity index (χ1n) is 12.6. The lowest BCUT2D eigenvalue weighted by Crippen LogP contribution is -2.40. The zero-order valence-corrected chi connectivity index (χ0v) is 20.2. The number of nitrogens with zero attached hydrogens (tertiary/aromatic N) is 2. The fraction of sp³-hybridized carbons (Fsp3) is 0.483.